The van der Waals surface area contributed by atoms with Crippen LogP contribution >= 0.6 is 11.3 Å². The summed E-state index contributed by atoms with van der Waals surface area (Å²) in [7, 11) is 3.59. The van der Waals surface area contributed by atoms with Crippen LogP contribution in [0.15, 0.2) is 43.0 Å². The molecule has 0 bridgehead atoms. The number of thiazole rings is 1. The second-order valence-corrected chi connectivity index (χ2v) is 7.95. The molecular formula is C20H21N7OS. The van der Waals surface area contributed by atoms with Crippen molar-refractivity contribution < 1.29 is 4.74 Å². The first-order valence-corrected chi connectivity index (χ1v) is 10.3. The predicted octanol–water partition coefficient (Wildman–Crippen LogP) is 2.82. The van der Waals surface area contributed by atoms with E-state index in [9.17, 15) is 0 Å². The van der Waals surface area contributed by atoms with Gasteiger partial charge in [-0.05, 0) is 12.1 Å². The van der Waals surface area contributed by atoms with Gasteiger partial charge in [-0.1, -0.05) is 17.4 Å². The number of fused-ring (bicyclic) bond motifs is 1. The smallest absolute Gasteiger partial charge is 0.186 e. The normalized spacial score (nSPS) is 14.6. The molecule has 0 aliphatic carbocycles. The maximum absolute atomic E-state index is 5.45. The Hall–Kier alpha value is -3.20. The number of anilines is 2. The molecule has 1 fully saturated rings. The SMILES string of the molecule is COc1cccc2sc(N3CCN(c4cncc(-c5cnn(C)c5)n4)CC3)nc12. The van der Waals surface area contributed by atoms with Gasteiger partial charge in [0.05, 0.1) is 36.1 Å². The van der Waals surface area contributed by atoms with Crippen molar-refractivity contribution in [3.63, 3.8) is 0 Å². The number of rotatable bonds is 4. The molecule has 4 aromatic rings. The minimum Gasteiger partial charge on any atom is -0.494 e. The molecule has 0 spiro atoms. The molecule has 0 N–H and O–H groups in total. The van der Waals surface area contributed by atoms with Crippen LogP contribution in [-0.4, -0.2) is 58.0 Å². The number of piperazine rings is 1. The standard InChI is InChI=1S/C20H21N7OS/c1-25-13-14(10-22-25)15-11-21-12-18(23-15)26-6-8-27(9-7-26)20-24-19-16(28-2)4-3-5-17(19)29-20/h3-5,10-13H,6-9H2,1-2H3. The summed E-state index contributed by atoms with van der Waals surface area (Å²) in [5.41, 5.74) is 2.76. The quantitative estimate of drug-likeness (QED) is 0.515. The summed E-state index contributed by atoms with van der Waals surface area (Å²) >= 11 is 1.71. The molecular weight excluding hydrogens is 386 g/mol. The Morgan fingerprint density at radius 1 is 1.00 bits per heavy atom. The number of hydrogen-bond donors (Lipinski definition) is 0. The topological polar surface area (TPSA) is 72.2 Å². The van der Waals surface area contributed by atoms with E-state index in [1.165, 1.54) is 0 Å². The number of nitrogens with zero attached hydrogens (tertiary/aromatic N) is 7. The molecule has 29 heavy (non-hydrogen) atoms. The Bertz CT molecular complexity index is 1150. The van der Waals surface area contributed by atoms with Gasteiger partial charge in [0.1, 0.15) is 17.1 Å². The number of ether oxygens (including phenoxy) is 1. The molecule has 0 amide bonds. The van der Waals surface area contributed by atoms with E-state index in [1.807, 2.05) is 37.8 Å². The van der Waals surface area contributed by atoms with Gasteiger partial charge in [-0.3, -0.25) is 9.67 Å². The first-order valence-electron chi connectivity index (χ1n) is 9.46. The van der Waals surface area contributed by atoms with Gasteiger partial charge in [-0.2, -0.15) is 5.10 Å². The van der Waals surface area contributed by atoms with Crippen molar-refractivity contribution in [2.75, 3.05) is 43.1 Å². The van der Waals surface area contributed by atoms with Crippen LogP contribution in [0.4, 0.5) is 10.9 Å². The Morgan fingerprint density at radius 2 is 1.83 bits per heavy atom. The van der Waals surface area contributed by atoms with Crippen LogP contribution in [0.1, 0.15) is 0 Å². The average molecular weight is 408 g/mol. The van der Waals surface area contributed by atoms with Crippen molar-refractivity contribution in [2.45, 2.75) is 0 Å². The van der Waals surface area contributed by atoms with Gasteiger partial charge in [0, 0.05) is 45.0 Å². The summed E-state index contributed by atoms with van der Waals surface area (Å²) in [6.45, 7) is 3.53. The number of benzene rings is 1. The highest BCUT2D eigenvalue weighted by atomic mass is 32.1. The fourth-order valence-electron chi connectivity index (χ4n) is 3.54. The van der Waals surface area contributed by atoms with E-state index in [1.54, 1.807) is 29.3 Å². The predicted molar refractivity (Wildman–Crippen MR) is 115 cm³/mol. The van der Waals surface area contributed by atoms with E-state index in [-0.39, 0.29) is 0 Å². The summed E-state index contributed by atoms with van der Waals surface area (Å²) in [5.74, 6) is 1.73. The average Bonchev–Trinajstić information content (AvgIpc) is 3.40. The number of aryl methyl sites for hydroxylation is 1. The fourth-order valence-corrected chi connectivity index (χ4v) is 4.57. The van der Waals surface area contributed by atoms with Crippen LogP contribution in [-0.2, 0) is 7.05 Å². The molecule has 1 aliphatic heterocycles. The first-order chi connectivity index (χ1) is 14.2. The Balaban J connectivity index is 1.32. The minimum atomic E-state index is 0.825. The molecule has 148 valence electrons. The maximum atomic E-state index is 5.45. The summed E-state index contributed by atoms with van der Waals surface area (Å²) in [6.07, 6.45) is 7.38. The van der Waals surface area contributed by atoms with E-state index in [0.29, 0.717) is 0 Å². The van der Waals surface area contributed by atoms with E-state index in [2.05, 4.69) is 25.9 Å². The fraction of sp³-hybridized carbons (Fsp3) is 0.300. The van der Waals surface area contributed by atoms with Crippen LogP contribution in [0.2, 0.25) is 0 Å². The summed E-state index contributed by atoms with van der Waals surface area (Å²) in [5, 5.41) is 5.26. The van der Waals surface area contributed by atoms with Crippen LogP contribution in [0.5, 0.6) is 5.75 Å². The molecule has 3 aromatic heterocycles. The molecule has 0 unspecified atom stereocenters. The van der Waals surface area contributed by atoms with E-state index < -0.39 is 0 Å². The lowest BCUT2D eigenvalue weighted by Crippen LogP contribution is -2.46. The van der Waals surface area contributed by atoms with Gasteiger partial charge < -0.3 is 14.5 Å². The van der Waals surface area contributed by atoms with Gasteiger partial charge in [0.25, 0.3) is 0 Å². The summed E-state index contributed by atoms with van der Waals surface area (Å²) in [4.78, 5) is 18.6. The molecule has 4 heterocycles. The summed E-state index contributed by atoms with van der Waals surface area (Å²) < 4.78 is 8.37. The van der Waals surface area contributed by atoms with Crippen LogP contribution in [0.3, 0.4) is 0 Å². The van der Waals surface area contributed by atoms with Crippen molar-refractivity contribution in [1.82, 2.24) is 24.7 Å². The molecule has 0 saturated carbocycles. The molecule has 1 aromatic carbocycles. The lowest BCUT2D eigenvalue weighted by molar-refractivity contribution is 0.419. The van der Waals surface area contributed by atoms with E-state index in [0.717, 1.165) is 64.4 Å². The third-order valence-corrected chi connectivity index (χ3v) is 6.17. The molecule has 9 heteroatoms. The van der Waals surface area contributed by atoms with Crippen molar-refractivity contribution in [3.05, 3.63) is 43.0 Å². The highest BCUT2D eigenvalue weighted by molar-refractivity contribution is 7.22. The number of para-hydroxylation sites is 1. The summed E-state index contributed by atoms with van der Waals surface area (Å²) in [6, 6.07) is 6.06. The molecule has 8 nitrogen and oxygen atoms in total. The van der Waals surface area contributed by atoms with Gasteiger partial charge in [-0.25, -0.2) is 9.97 Å². The third kappa shape index (κ3) is 3.38. The van der Waals surface area contributed by atoms with Crippen molar-refractivity contribution >= 4 is 32.5 Å². The second-order valence-electron chi connectivity index (χ2n) is 6.94. The zero-order valence-electron chi connectivity index (χ0n) is 16.3. The Morgan fingerprint density at radius 3 is 2.59 bits per heavy atom. The monoisotopic (exact) mass is 407 g/mol. The molecule has 0 atom stereocenters. The lowest BCUT2D eigenvalue weighted by atomic mass is 10.2. The Labute approximate surface area is 172 Å². The van der Waals surface area contributed by atoms with Crippen molar-refractivity contribution in [2.24, 2.45) is 7.05 Å². The van der Waals surface area contributed by atoms with Gasteiger partial charge in [0.15, 0.2) is 5.13 Å². The minimum absolute atomic E-state index is 0.825. The second kappa shape index (κ2) is 7.32. The van der Waals surface area contributed by atoms with E-state index in [4.69, 9.17) is 14.7 Å². The molecule has 5 rings (SSSR count). The third-order valence-electron chi connectivity index (χ3n) is 5.09. The van der Waals surface area contributed by atoms with Crippen LogP contribution < -0.4 is 14.5 Å². The van der Waals surface area contributed by atoms with Gasteiger partial charge in [-0.15, -0.1) is 0 Å². The lowest BCUT2D eigenvalue weighted by Gasteiger charge is -2.35. The van der Waals surface area contributed by atoms with Gasteiger partial charge in [0.2, 0.25) is 0 Å². The van der Waals surface area contributed by atoms with Crippen molar-refractivity contribution in [3.8, 4) is 17.0 Å². The van der Waals surface area contributed by atoms with Crippen molar-refractivity contribution in [1.29, 1.82) is 0 Å². The first kappa shape index (κ1) is 17.9. The maximum Gasteiger partial charge on any atom is 0.186 e. The van der Waals surface area contributed by atoms with Crippen LogP contribution in [0, 0.1) is 0 Å². The van der Waals surface area contributed by atoms with Gasteiger partial charge >= 0.3 is 0 Å². The largest absolute Gasteiger partial charge is 0.494 e. The number of hydrogen-bond acceptors (Lipinski definition) is 8. The highest BCUT2D eigenvalue weighted by Gasteiger charge is 2.22. The van der Waals surface area contributed by atoms with Crippen LogP contribution in [0.25, 0.3) is 21.5 Å². The number of aromatic nitrogens is 5. The zero-order valence-corrected chi connectivity index (χ0v) is 17.1. The number of methoxy groups -OCH3 is 1. The molecule has 1 aliphatic rings. The Kier molecular flexibility index (Phi) is 4.51. The molecule has 0 radical (unpaired) electrons. The van der Waals surface area contributed by atoms with E-state index >= 15 is 0 Å². The molecule has 1 saturated heterocycles. The highest BCUT2D eigenvalue weighted by Crippen LogP contribution is 2.34. The zero-order chi connectivity index (χ0) is 19.8.